The van der Waals surface area contributed by atoms with Crippen molar-refractivity contribution in [3.63, 3.8) is 0 Å². The second-order valence-corrected chi connectivity index (χ2v) is 8.72. The number of amides is 3. The van der Waals surface area contributed by atoms with Crippen LogP contribution in [0.4, 0.5) is 21.9 Å². The molecule has 0 saturated carbocycles. The summed E-state index contributed by atoms with van der Waals surface area (Å²) in [6.07, 6.45) is 1.49. The number of anilines is 3. The molecule has 3 amide bonds. The Hall–Kier alpha value is -3.07. The van der Waals surface area contributed by atoms with Crippen LogP contribution in [0.2, 0.25) is 0 Å². The van der Waals surface area contributed by atoms with Gasteiger partial charge in [-0.1, -0.05) is 12.1 Å². The van der Waals surface area contributed by atoms with Crippen molar-refractivity contribution in [1.82, 2.24) is 4.90 Å². The number of sulfonamides is 1. The van der Waals surface area contributed by atoms with E-state index in [0.717, 1.165) is 17.7 Å². The van der Waals surface area contributed by atoms with Crippen molar-refractivity contribution in [2.45, 2.75) is 24.7 Å². The summed E-state index contributed by atoms with van der Waals surface area (Å²) in [5.41, 5.74) is 2.20. The van der Waals surface area contributed by atoms with E-state index in [0.29, 0.717) is 18.7 Å². The minimum absolute atomic E-state index is 0.0646. The molecule has 154 valence electrons. The fourth-order valence-electron chi connectivity index (χ4n) is 3.18. The summed E-state index contributed by atoms with van der Waals surface area (Å²) < 4.78 is 28.5. The first kappa shape index (κ1) is 20.7. The average molecular weight is 417 g/mol. The second-order valence-electron chi connectivity index (χ2n) is 7.04. The zero-order valence-corrected chi connectivity index (χ0v) is 17.4. The van der Waals surface area contributed by atoms with E-state index < -0.39 is 10.0 Å². The molecule has 2 aromatic rings. The van der Waals surface area contributed by atoms with Crippen LogP contribution in [0.5, 0.6) is 0 Å². The van der Waals surface area contributed by atoms with Crippen LogP contribution < -0.4 is 14.9 Å². The van der Waals surface area contributed by atoms with Gasteiger partial charge in [0.2, 0.25) is 5.91 Å². The van der Waals surface area contributed by atoms with Gasteiger partial charge in [-0.05, 0) is 48.7 Å². The van der Waals surface area contributed by atoms with Crippen molar-refractivity contribution >= 4 is 39.0 Å². The molecular weight excluding hydrogens is 392 g/mol. The topological polar surface area (TPSA) is 98.8 Å². The Labute approximate surface area is 170 Å². The first-order valence-electron chi connectivity index (χ1n) is 9.20. The SMILES string of the molecule is CC(=O)N1CCCc2cc(S(=O)(=O)Nc3ccccc3NC(=O)N(C)C)ccc21. The third kappa shape index (κ3) is 4.51. The molecule has 1 aliphatic heterocycles. The van der Waals surface area contributed by atoms with Gasteiger partial charge in [0.25, 0.3) is 10.0 Å². The van der Waals surface area contributed by atoms with Crippen LogP contribution in [-0.4, -0.2) is 45.9 Å². The van der Waals surface area contributed by atoms with E-state index in [-0.39, 0.29) is 22.5 Å². The predicted molar refractivity (Wildman–Crippen MR) is 113 cm³/mol. The molecular formula is C20H24N4O4S. The van der Waals surface area contributed by atoms with Gasteiger partial charge in [-0.3, -0.25) is 9.52 Å². The van der Waals surface area contributed by atoms with Crippen LogP contribution in [0.15, 0.2) is 47.4 Å². The predicted octanol–water partition coefficient (Wildman–Crippen LogP) is 2.88. The highest BCUT2D eigenvalue weighted by atomic mass is 32.2. The third-order valence-electron chi connectivity index (χ3n) is 4.68. The molecule has 0 unspecified atom stereocenters. The summed E-state index contributed by atoms with van der Waals surface area (Å²) >= 11 is 0. The van der Waals surface area contributed by atoms with Gasteiger partial charge in [-0.2, -0.15) is 0 Å². The molecule has 8 nitrogen and oxygen atoms in total. The molecule has 2 N–H and O–H groups in total. The fourth-order valence-corrected chi connectivity index (χ4v) is 4.31. The number of rotatable bonds is 4. The number of nitrogens with one attached hydrogen (secondary N) is 2. The van der Waals surface area contributed by atoms with Crippen molar-refractivity contribution in [3.8, 4) is 0 Å². The standard InChI is InChI=1S/C20H24N4O4S/c1-14(25)24-12-6-7-15-13-16(10-11-19(15)24)29(27,28)22-18-9-5-4-8-17(18)21-20(26)23(2)3/h4-5,8-11,13,22H,6-7,12H2,1-3H3,(H,21,26). The van der Waals surface area contributed by atoms with Crippen molar-refractivity contribution in [2.75, 3.05) is 35.6 Å². The molecule has 29 heavy (non-hydrogen) atoms. The van der Waals surface area contributed by atoms with Gasteiger partial charge in [-0.25, -0.2) is 13.2 Å². The van der Waals surface area contributed by atoms with E-state index >= 15 is 0 Å². The maximum atomic E-state index is 13.0. The number of nitrogens with zero attached hydrogens (tertiary/aromatic N) is 2. The van der Waals surface area contributed by atoms with Crippen LogP contribution in [0.25, 0.3) is 0 Å². The van der Waals surface area contributed by atoms with Crippen molar-refractivity contribution < 1.29 is 18.0 Å². The quantitative estimate of drug-likeness (QED) is 0.801. The number of fused-ring (bicyclic) bond motifs is 1. The normalized spacial score (nSPS) is 13.4. The molecule has 0 fully saturated rings. The summed E-state index contributed by atoms with van der Waals surface area (Å²) in [7, 11) is -0.688. The lowest BCUT2D eigenvalue weighted by atomic mass is 10.0. The third-order valence-corrected chi connectivity index (χ3v) is 6.04. The number of carbonyl (C=O) groups is 2. The zero-order valence-electron chi connectivity index (χ0n) is 16.6. The first-order valence-corrected chi connectivity index (χ1v) is 10.7. The van der Waals surface area contributed by atoms with E-state index in [2.05, 4.69) is 10.0 Å². The van der Waals surface area contributed by atoms with Gasteiger partial charge in [0, 0.05) is 33.3 Å². The number of benzene rings is 2. The lowest BCUT2D eigenvalue weighted by Crippen LogP contribution is -2.33. The Kier molecular flexibility index (Phi) is 5.78. The summed E-state index contributed by atoms with van der Waals surface area (Å²) in [6.45, 7) is 2.13. The number of carbonyl (C=O) groups excluding carboxylic acids is 2. The van der Waals surface area contributed by atoms with Crippen LogP contribution in [-0.2, 0) is 21.2 Å². The number of hydrogen-bond acceptors (Lipinski definition) is 4. The van der Waals surface area contributed by atoms with Gasteiger partial charge >= 0.3 is 6.03 Å². The Bertz CT molecular complexity index is 1050. The van der Waals surface area contributed by atoms with Crippen molar-refractivity contribution in [2.24, 2.45) is 0 Å². The van der Waals surface area contributed by atoms with Crippen molar-refractivity contribution in [1.29, 1.82) is 0 Å². The molecule has 0 radical (unpaired) electrons. The Balaban J connectivity index is 1.90. The van der Waals surface area contributed by atoms with Gasteiger partial charge in [-0.15, -0.1) is 0 Å². The molecule has 3 rings (SSSR count). The van der Waals surface area contributed by atoms with E-state index in [1.165, 1.54) is 17.9 Å². The minimum atomic E-state index is -3.88. The molecule has 0 aromatic heterocycles. The second kappa shape index (κ2) is 8.12. The van der Waals surface area contributed by atoms with Crippen LogP contribution in [0.3, 0.4) is 0 Å². The largest absolute Gasteiger partial charge is 0.331 e. The maximum absolute atomic E-state index is 13.0. The Morgan fingerprint density at radius 2 is 1.76 bits per heavy atom. The van der Waals surface area contributed by atoms with Gasteiger partial charge in [0.15, 0.2) is 0 Å². The van der Waals surface area contributed by atoms with E-state index in [4.69, 9.17) is 0 Å². The molecule has 9 heteroatoms. The molecule has 0 spiro atoms. The monoisotopic (exact) mass is 416 g/mol. The summed E-state index contributed by atoms with van der Waals surface area (Å²) in [6, 6.07) is 11.0. The summed E-state index contributed by atoms with van der Waals surface area (Å²) in [5, 5.41) is 2.67. The molecule has 0 atom stereocenters. The Morgan fingerprint density at radius 3 is 2.41 bits per heavy atom. The molecule has 0 bridgehead atoms. The highest BCUT2D eigenvalue weighted by Gasteiger charge is 2.23. The summed E-state index contributed by atoms with van der Waals surface area (Å²) in [4.78, 5) is 26.9. The highest BCUT2D eigenvalue weighted by Crippen LogP contribution is 2.31. The van der Waals surface area contributed by atoms with Gasteiger partial charge in [0.1, 0.15) is 0 Å². The van der Waals surface area contributed by atoms with Crippen LogP contribution in [0.1, 0.15) is 18.9 Å². The lowest BCUT2D eigenvalue weighted by molar-refractivity contribution is -0.116. The van der Waals surface area contributed by atoms with Crippen LogP contribution >= 0.6 is 0 Å². The van der Waals surface area contributed by atoms with Gasteiger partial charge in [0.05, 0.1) is 16.3 Å². The maximum Gasteiger partial charge on any atom is 0.321 e. The molecule has 1 aliphatic rings. The Morgan fingerprint density at radius 1 is 1.07 bits per heavy atom. The molecule has 0 saturated heterocycles. The van der Waals surface area contributed by atoms with E-state index in [1.54, 1.807) is 55.4 Å². The smallest absolute Gasteiger partial charge is 0.321 e. The molecule has 2 aromatic carbocycles. The van der Waals surface area contributed by atoms with Crippen LogP contribution in [0, 0.1) is 0 Å². The van der Waals surface area contributed by atoms with Crippen molar-refractivity contribution in [3.05, 3.63) is 48.0 Å². The molecule has 1 heterocycles. The number of hydrogen-bond donors (Lipinski definition) is 2. The minimum Gasteiger partial charge on any atom is -0.331 e. The number of urea groups is 1. The molecule has 0 aliphatic carbocycles. The fraction of sp³-hybridized carbons (Fsp3) is 0.300. The van der Waals surface area contributed by atoms with E-state index in [9.17, 15) is 18.0 Å². The number of para-hydroxylation sites is 2. The first-order chi connectivity index (χ1) is 13.7. The zero-order chi connectivity index (χ0) is 21.2. The lowest BCUT2D eigenvalue weighted by Gasteiger charge is -2.29. The highest BCUT2D eigenvalue weighted by molar-refractivity contribution is 7.92. The number of aryl methyl sites for hydroxylation is 1. The van der Waals surface area contributed by atoms with Gasteiger partial charge < -0.3 is 15.1 Å². The summed E-state index contributed by atoms with van der Waals surface area (Å²) in [5.74, 6) is -0.0646. The average Bonchev–Trinajstić information content (AvgIpc) is 2.68. The van der Waals surface area contributed by atoms with E-state index in [1.807, 2.05) is 0 Å².